The lowest BCUT2D eigenvalue weighted by Gasteiger charge is -2.14. The number of hydrogen-bond acceptors (Lipinski definition) is 3. The van der Waals surface area contributed by atoms with Crippen molar-refractivity contribution in [2.45, 2.75) is 24.8 Å². The lowest BCUT2D eigenvalue weighted by Crippen LogP contribution is -2.22. The quantitative estimate of drug-likeness (QED) is 0.898. The van der Waals surface area contributed by atoms with Gasteiger partial charge in [0.1, 0.15) is 0 Å². The fraction of sp³-hybridized carbons (Fsp3) is 0.250. The van der Waals surface area contributed by atoms with Crippen LogP contribution >= 0.6 is 15.9 Å². The Labute approximate surface area is 134 Å². The molecule has 2 N–H and O–H groups in total. The van der Waals surface area contributed by atoms with E-state index in [9.17, 15) is 8.42 Å². The molecule has 1 atom stereocenters. The molecular weight excluding hydrogens is 350 g/mol. The molecule has 2 rings (SSSR count). The standard InChI is InChI=1S/C16H18BrNO2S/c1-11-6-12(2)8-13(7-11)16(18)10-21(19,20)15-5-3-4-14(17)9-15/h3-9,16H,10,18H2,1-2H3. The van der Waals surface area contributed by atoms with Crippen molar-refractivity contribution in [2.75, 3.05) is 5.75 Å². The van der Waals surface area contributed by atoms with Gasteiger partial charge in [-0.05, 0) is 37.6 Å². The number of aryl methyl sites for hydroxylation is 2. The Morgan fingerprint density at radius 2 is 1.71 bits per heavy atom. The number of hydrogen-bond donors (Lipinski definition) is 1. The molecule has 0 aliphatic rings. The van der Waals surface area contributed by atoms with Crippen molar-refractivity contribution in [3.05, 3.63) is 63.6 Å². The van der Waals surface area contributed by atoms with Crippen molar-refractivity contribution < 1.29 is 8.42 Å². The Morgan fingerprint density at radius 3 is 2.29 bits per heavy atom. The number of rotatable bonds is 4. The molecule has 0 saturated heterocycles. The van der Waals surface area contributed by atoms with Crippen LogP contribution in [0, 0.1) is 13.8 Å². The molecule has 112 valence electrons. The molecular formula is C16H18BrNO2S. The predicted octanol–water partition coefficient (Wildman–Crippen LogP) is 3.54. The summed E-state index contributed by atoms with van der Waals surface area (Å²) in [5.41, 5.74) is 9.12. The van der Waals surface area contributed by atoms with E-state index in [1.165, 1.54) is 0 Å². The first-order valence-electron chi connectivity index (χ1n) is 6.60. The lowest BCUT2D eigenvalue weighted by molar-refractivity contribution is 0.588. The van der Waals surface area contributed by atoms with Gasteiger partial charge < -0.3 is 5.73 Å². The molecule has 0 aliphatic heterocycles. The van der Waals surface area contributed by atoms with Gasteiger partial charge in [-0.2, -0.15) is 0 Å². The first kappa shape index (κ1) is 16.2. The van der Waals surface area contributed by atoms with Crippen molar-refractivity contribution in [1.82, 2.24) is 0 Å². The van der Waals surface area contributed by atoms with Crippen LogP contribution in [0.15, 0.2) is 51.8 Å². The Balaban J connectivity index is 2.27. The minimum atomic E-state index is -3.41. The summed E-state index contributed by atoms with van der Waals surface area (Å²) in [5.74, 6) is -0.105. The van der Waals surface area contributed by atoms with Gasteiger partial charge in [0, 0.05) is 10.5 Å². The third kappa shape index (κ3) is 4.15. The van der Waals surface area contributed by atoms with E-state index in [1.807, 2.05) is 32.0 Å². The summed E-state index contributed by atoms with van der Waals surface area (Å²) in [4.78, 5) is 0.289. The van der Waals surface area contributed by atoms with Gasteiger partial charge >= 0.3 is 0 Å². The fourth-order valence-electron chi connectivity index (χ4n) is 2.31. The van der Waals surface area contributed by atoms with Crippen LogP contribution in [-0.4, -0.2) is 14.2 Å². The van der Waals surface area contributed by atoms with E-state index in [-0.39, 0.29) is 10.6 Å². The fourth-order valence-corrected chi connectivity index (χ4v) is 4.31. The molecule has 0 aromatic heterocycles. The molecule has 3 nitrogen and oxygen atoms in total. The van der Waals surface area contributed by atoms with E-state index >= 15 is 0 Å². The molecule has 1 unspecified atom stereocenters. The molecule has 0 aliphatic carbocycles. The van der Waals surface area contributed by atoms with Crippen molar-refractivity contribution >= 4 is 25.8 Å². The topological polar surface area (TPSA) is 60.2 Å². The van der Waals surface area contributed by atoms with Crippen molar-refractivity contribution in [3.8, 4) is 0 Å². The van der Waals surface area contributed by atoms with Crippen LogP contribution in [0.1, 0.15) is 22.7 Å². The van der Waals surface area contributed by atoms with E-state index in [2.05, 4.69) is 15.9 Å². The van der Waals surface area contributed by atoms with E-state index in [0.29, 0.717) is 0 Å². The Morgan fingerprint density at radius 1 is 1.10 bits per heavy atom. The van der Waals surface area contributed by atoms with Crippen molar-refractivity contribution in [3.63, 3.8) is 0 Å². The number of halogens is 1. The lowest BCUT2D eigenvalue weighted by atomic mass is 10.0. The zero-order valence-corrected chi connectivity index (χ0v) is 14.4. The summed E-state index contributed by atoms with van der Waals surface area (Å²) in [6.45, 7) is 3.96. The minimum Gasteiger partial charge on any atom is -0.323 e. The van der Waals surface area contributed by atoms with E-state index < -0.39 is 15.9 Å². The maximum Gasteiger partial charge on any atom is 0.180 e. The van der Waals surface area contributed by atoms with Gasteiger partial charge in [-0.1, -0.05) is 51.3 Å². The first-order chi connectivity index (χ1) is 9.78. The zero-order chi connectivity index (χ0) is 15.6. The zero-order valence-electron chi connectivity index (χ0n) is 12.0. The van der Waals surface area contributed by atoms with Gasteiger partial charge in [0.15, 0.2) is 9.84 Å². The summed E-state index contributed by atoms with van der Waals surface area (Å²) in [6, 6.07) is 12.1. The average Bonchev–Trinajstić information content (AvgIpc) is 2.37. The van der Waals surface area contributed by atoms with Crippen molar-refractivity contribution in [1.29, 1.82) is 0 Å². The molecule has 0 heterocycles. The van der Waals surface area contributed by atoms with Gasteiger partial charge in [-0.3, -0.25) is 0 Å². The van der Waals surface area contributed by atoms with E-state index in [0.717, 1.165) is 21.2 Å². The van der Waals surface area contributed by atoms with Gasteiger partial charge in [0.25, 0.3) is 0 Å². The first-order valence-corrected chi connectivity index (χ1v) is 9.04. The Kier molecular flexibility index (Phi) is 4.86. The Bertz CT molecular complexity index is 736. The normalized spacial score (nSPS) is 13.1. The second-order valence-corrected chi connectivity index (χ2v) is 8.22. The van der Waals surface area contributed by atoms with Gasteiger partial charge in [0.05, 0.1) is 10.6 Å². The second-order valence-electron chi connectivity index (χ2n) is 5.27. The number of nitrogens with two attached hydrogens (primary N) is 1. The van der Waals surface area contributed by atoms with Gasteiger partial charge in [0.2, 0.25) is 0 Å². The van der Waals surface area contributed by atoms with Crippen LogP contribution in [0.2, 0.25) is 0 Å². The molecule has 2 aromatic rings. The average molecular weight is 368 g/mol. The molecule has 21 heavy (non-hydrogen) atoms. The molecule has 0 spiro atoms. The van der Waals surface area contributed by atoms with Crippen LogP contribution in [0.4, 0.5) is 0 Å². The second kappa shape index (κ2) is 6.30. The van der Waals surface area contributed by atoms with Crippen molar-refractivity contribution in [2.24, 2.45) is 5.73 Å². The molecule has 2 aromatic carbocycles. The minimum absolute atomic E-state index is 0.105. The number of benzene rings is 2. The van der Waals surface area contributed by atoms with Gasteiger partial charge in [-0.25, -0.2) is 8.42 Å². The molecule has 0 fully saturated rings. The summed E-state index contributed by atoms with van der Waals surface area (Å²) < 4.78 is 25.6. The molecule has 0 saturated carbocycles. The molecule has 0 radical (unpaired) electrons. The highest BCUT2D eigenvalue weighted by Crippen LogP contribution is 2.22. The van der Waals surface area contributed by atoms with E-state index in [4.69, 9.17) is 5.73 Å². The SMILES string of the molecule is Cc1cc(C)cc(C(N)CS(=O)(=O)c2cccc(Br)c2)c1. The van der Waals surface area contributed by atoms with Crippen LogP contribution in [0.5, 0.6) is 0 Å². The van der Waals surface area contributed by atoms with Crippen LogP contribution in [0.25, 0.3) is 0 Å². The predicted molar refractivity (Wildman–Crippen MR) is 89.0 cm³/mol. The highest BCUT2D eigenvalue weighted by atomic mass is 79.9. The summed E-state index contributed by atoms with van der Waals surface area (Å²) in [5, 5.41) is 0. The Hall–Kier alpha value is -1.17. The summed E-state index contributed by atoms with van der Waals surface area (Å²) in [7, 11) is -3.41. The monoisotopic (exact) mass is 367 g/mol. The smallest absolute Gasteiger partial charge is 0.180 e. The maximum absolute atomic E-state index is 12.4. The van der Waals surface area contributed by atoms with Crippen LogP contribution in [-0.2, 0) is 9.84 Å². The van der Waals surface area contributed by atoms with Crippen LogP contribution < -0.4 is 5.73 Å². The number of sulfone groups is 1. The maximum atomic E-state index is 12.4. The largest absolute Gasteiger partial charge is 0.323 e. The van der Waals surface area contributed by atoms with Crippen LogP contribution in [0.3, 0.4) is 0 Å². The highest BCUT2D eigenvalue weighted by molar-refractivity contribution is 9.10. The summed E-state index contributed by atoms with van der Waals surface area (Å²) >= 11 is 3.29. The highest BCUT2D eigenvalue weighted by Gasteiger charge is 2.20. The molecule has 0 bridgehead atoms. The molecule has 0 amide bonds. The third-order valence-corrected chi connectivity index (χ3v) is 5.49. The van der Waals surface area contributed by atoms with Gasteiger partial charge in [-0.15, -0.1) is 0 Å². The van der Waals surface area contributed by atoms with E-state index in [1.54, 1.807) is 24.3 Å². The summed E-state index contributed by atoms with van der Waals surface area (Å²) in [6.07, 6.45) is 0. The molecule has 5 heteroatoms. The third-order valence-electron chi connectivity index (χ3n) is 3.23.